The van der Waals surface area contributed by atoms with E-state index in [1.165, 1.54) is 9.80 Å². The molecule has 0 saturated carbocycles. The molecule has 2 aromatic rings. The SMILES string of the molecule is CC(C)(C)OC(=O)N1CCOCC1[C@@H](C(=O)N1C(=O)OC[C@H]1Cc1ccccc1)c1ccc(Cl)cc1. The Morgan fingerprint density at radius 3 is 2.44 bits per heavy atom. The normalized spacial score (nSPS) is 21.2. The second kappa shape index (κ2) is 10.9. The first-order chi connectivity index (χ1) is 17.1. The second-order valence-corrected chi connectivity index (χ2v) is 10.4. The first-order valence-electron chi connectivity index (χ1n) is 12.0. The molecule has 2 aliphatic heterocycles. The van der Waals surface area contributed by atoms with Gasteiger partial charge in [0.2, 0.25) is 5.91 Å². The molecule has 0 aromatic heterocycles. The van der Waals surface area contributed by atoms with E-state index in [-0.39, 0.29) is 19.8 Å². The van der Waals surface area contributed by atoms with Crippen molar-refractivity contribution in [3.8, 4) is 0 Å². The predicted octanol–water partition coefficient (Wildman–Crippen LogP) is 4.65. The molecule has 9 heteroatoms. The monoisotopic (exact) mass is 514 g/mol. The standard InChI is InChI=1S/C27H31ClN2O6/c1-27(2,3)36-25(32)29-13-14-34-17-22(29)23(19-9-11-20(28)12-10-19)24(31)30-21(16-35-26(30)33)15-18-7-5-4-6-8-18/h4-12,21-23H,13-17H2,1-3H3/t21-,22?,23+/m1/s1. The van der Waals surface area contributed by atoms with Crippen LogP contribution >= 0.6 is 11.6 Å². The third-order valence-electron chi connectivity index (χ3n) is 6.19. The number of halogens is 1. The quantitative estimate of drug-likeness (QED) is 0.577. The van der Waals surface area contributed by atoms with Crippen molar-refractivity contribution in [3.63, 3.8) is 0 Å². The number of hydrogen-bond acceptors (Lipinski definition) is 6. The van der Waals surface area contributed by atoms with Gasteiger partial charge in [-0.1, -0.05) is 54.1 Å². The highest BCUT2D eigenvalue weighted by Gasteiger charge is 2.47. The fourth-order valence-electron chi connectivity index (χ4n) is 4.56. The van der Waals surface area contributed by atoms with Crippen LogP contribution in [0.15, 0.2) is 54.6 Å². The van der Waals surface area contributed by atoms with Crippen molar-refractivity contribution in [1.29, 1.82) is 0 Å². The number of amides is 3. The van der Waals surface area contributed by atoms with Crippen molar-refractivity contribution in [1.82, 2.24) is 9.80 Å². The van der Waals surface area contributed by atoms with E-state index in [0.717, 1.165) is 5.56 Å². The molecule has 3 atom stereocenters. The number of imide groups is 1. The molecule has 192 valence electrons. The number of carbonyl (C=O) groups is 3. The number of hydrogen-bond donors (Lipinski definition) is 0. The van der Waals surface area contributed by atoms with Gasteiger partial charge in [0, 0.05) is 11.6 Å². The highest BCUT2D eigenvalue weighted by molar-refractivity contribution is 6.30. The van der Waals surface area contributed by atoms with Crippen molar-refractivity contribution in [3.05, 3.63) is 70.7 Å². The van der Waals surface area contributed by atoms with Crippen LogP contribution in [0, 0.1) is 0 Å². The summed E-state index contributed by atoms with van der Waals surface area (Å²) in [6, 6.07) is 15.3. The molecule has 2 saturated heterocycles. The molecule has 2 fully saturated rings. The molecule has 0 aliphatic carbocycles. The van der Waals surface area contributed by atoms with Crippen LogP contribution in [0.5, 0.6) is 0 Å². The summed E-state index contributed by atoms with van der Waals surface area (Å²) in [5.74, 6) is -1.34. The van der Waals surface area contributed by atoms with Crippen LogP contribution in [0.4, 0.5) is 9.59 Å². The molecule has 0 radical (unpaired) electrons. The zero-order valence-electron chi connectivity index (χ0n) is 20.7. The van der Waals surface area contributed by atoms with Crippen LogP contribution in [-0.4, -0.2) is 71.9 Å². The lowest BCUT2D eigenvalue weighted by Gasteiger charge is -2.41. The van der Waals surface area contributed by atoms with Gasteiger partial charge in [0.25, 0.3) is 0 Å². The maximum absolute atomic E-state index is 14.2. The Bertz CT molecular complexity index is 1090. The number of benzene rings is 2. The van der Waals surface area contributed by atoms with Crippen molar-refractivity contribution in [2.45, 2.75) is 50.8 Å². The summed E-state index contributed by atoms with van der Waals surface area (Å²) < 4.78 is 16.7. The Hall–Kier alpha value is -3.10. The van der Waals surface area contributed by atoms with Crippen LogP contribution in [0.3, 0.4) is 0 Å². The van der Waals surface area contributed by atoms with Crippen LogP contribution in [0.1, 0.15) is 37.8 Å². The number of carbonyl (C=O) groups excluding carboxylic acids is 3. The molecule has 4 rings (SSSR count). The van der Waals surface area contributed by atoms with E-state index in [9.17, 15) is 14.4 Å². The zero-order chi connectivity index (χ0) is 25.9. The smallest absolute Gasteiger partial charge is 0.417 e. The zero-order valence-corrected chi connectivity index (χ0v) is 21.4. The highest BCUT2D eigenvalue weighted by atomic mass is 35.5. The second-order valence-electron chi connectivity index (χ2n) is 9.97. The number of cyclic esters (lactones) is 1. The fourth-order valence-corrected chi connectivity index (χ4v) is 4.69. The number of ether oxygens (including phenoxy) is 3. The minimum Gasteiger partial charge on any atom is -0.447 e. The largest absolute Gasteiger partial charge is 0.447 e. The van der Waals surface area contributed by atoms with E-state index in [1.807, 2.05) is 30.3 Å². The van der Waals surface area contributed by atoms with Crippen molar-refractivity contribution >= 4 is 29.7 Å². The summed E-state index contributed by atoms with van der Waals surface area (Å²) in [6.07, 6.45) is -0.768. The lowest BCUT2D eigenvalue weighted by atomic mass is 9.88. The Labute approximate surface area is 216 Å². The van der Waals surface area contributed by atoms with Gasteiger partial charge in [0.05, 0.1) is 31.2 Å². The fraction of sp³-hybridized carbons (Fsp3) is 0.444. The third-order valence-corrected chi connectivity index (χ3v) is 6.44. The lowest BCUT2D eigenvalue weighted by molar-refractivity contribution is -0.134. The van der Waals surface area contributed by atoms with Gasteiger partial charge in [-0.3, -0.25) is 9.69 Å². The van der Waals surface area contributed by atoms with Gasteiger partial charge in [-0.25, -0.2) is 14.5 Å². The van der Waals surface area contributed by atoms with Gasteiger partial charge in [0.1, 0.15) is 12.2 Å². The molecule has 1 unspecified atom stereocenters. The highest BCUT2D eigenvalue weighted by Crippen LogP contribution is 2.33. The summed E-state index contributed by atoms with van der Waals surface area (Å²) in [6.45, 7) is 6.16. The van der Waals surface area contributed by atoms with Crippen LogP contribution < -0.4 is 0 Å². The summed E-state index contributed by atoms with van der Waals surface area (Å²) >= 11 is 6.12. The summed E-state index contributed by atoms with van der Waals surface area (Å²) in [4.78, 5) is 42.8. The molecule has 2 aromatic carbocycles. The van der Waals surface area contributed by atoms with Gasteiger partial charge in [0.15, 0.2) is 0 Å². The maximum Gasteiger partial charge on any atom is 0.417 e. The number of nitrogens with zero attached hydrogens (tertiary/aromatic N) is 2. The third kappa shape index (κ3) is 5.99. The van der Waals surface area contributed by atoms with Crippen LogP contribution in [0.25, 0.3) is 0 Å². The minimum atomic E-state index is -0.890. The molecule has 36 heavy (non-hydrogen) atoms. The molecule has 8 nitrogen and oxygen atoms in total. The van der Waals surface area contributed by atoms with Gasteiger partial charge >= 0.3 is 12.2 Å². The van der Waals surface area contributed by atoms with Gasteiger partial charge in [-0.2, -0.15) is 0 Å². The Kier molecular flexibility index (Phi) is 7.85. The van der Waals surface area contributed by atoms with E-state index in [4.69, 9.17) is 25.8 Å². The molecule has 0 spiro atoms. The van der Waals surface area contributed by atoms with Crippen molar-refractivity contribution < 1.29 is 28.6 Å². The van der Waals surface area contributed by atoms with Crippen molar-refractivity contribution in [2.24, 2.45) is 0 Å². The van der Waals surface area contributed by atoms with Gasteiger partial charge < -0.3 is 14.2 Å². The average molecular weight is 515 g/mol. The summed E-state index contributed by atoms with van der Waals surface area (Å²) in [5, 5.41) is 0.511. The van der Waals surface area contributed by atoms with E-state index < -0.39 is 41.7 Å². The molecule has 2 aliphatic rings. The van der Waals surface area contributed by atoms with Crippen molar-refractivity contribution in [2.75, 3.05) is 26.4 Å². The lowest BCUT2D eigenvalue weighted by Crippen LogP contribution is -2.56. The maximum atomic E-state index is 14.2. The molecule has 0 bridgehead atoms. The van der Waals surface area contributed by atoms with E-state index in [1.54, 1.807) is 45.0 Å². The van der Waals surface area contributed by atoms with Gasteiger partial charge in [-0.15, -0.1) is 0 Å². The minimum absolute atomic E-state index is 0.101. The van der Waals surface area contributed by atoms with Gasteiger partial charge in [-0.05, 0) is 50.5 Å². The van der Waals surface area contributed by atoms with E-state index >= 15 is 0 Å². The molecular formula is C27H31ClN2O6. The first-order valence-corrected chi connectivity index (χ1v) is 12.4. The number of morpholine rings is 1. The first kappa shape index (κ1) is 26.0. The summed E-state index contributed by atoms with van der Waals surface area (Å²) in [5.41, 5.74) is 0.892. The predicted molar refractivity (Wildman–Crippen MR) is 134 cm³/mol. The summed E-state index contributed by atoms with van der Waals surface area (Å²) in [7, 11) is 0. The van der Waals surface area contributed by atoms with Crippen LogP contribution in [-0.2, 0) is 25.4 Å². The molecule has 0 N–H and O–H groups in total. The Morgan fingerprint density at radius 1 is 1.08 bits per heavy atom. The molecular weight excluding hydrogens is 484 g/mol. The average Bonchev–Trinajstić information content (AvgIpc) is 3.20. The molecule has 2 heterocycles. The molecule has 3 amide bonds. The Morgan fingerprint density at radius 2 is 1.78 bits per heavy atom. The number of rotatable bonds is 5. The topological polar surface area (TPSA) is 85.4 Å². The van der Waals surface area contributed by atoms with E-state index in [0.29, 0.717) is 23.6 Å². The van der Waals surface area contributed by atoms with E-state index in [2.05, 4.69) is 0 Å². The van der Waals surface area contributed by atoms with Crippen LogP contribution in [0.2, 0.25) is 5.02 Å². The Balaban J connectivity index is 1.69.